The molecular formula is C24H35N3O3S. The fourth-order valence-corrected chi connectivity index (χ4v) is 6.45. The molecular weight excluding hydrogens is 410 g/mol. The van der Waals surface area contributed by atoms with Crippen LogP contribution in [0.2, 0.25) is 0 Å². The average Bonchev–Trinajstić information content (AvgIpc) is 3.16. The Hall–Kier alpha value is -1.86. The van der Waals surface area contributed by atoms with Gasteiger partial charge < -0.3 is 9.88 Å². The van der Waals surface area contributed by atoms with E-state index in [0.717, 1.165) is 30.2 Å². The fourth-order valence-electron chi connectivity index (χ4n) is 4.94. The van der Waals surface area contributed by atoms with E-state index in [0.29, 0.717) is 48.8 Å². The number of hydrogen-bond acceptors (Lipinski definition) is 3. The Morgan fingerprint density at radius 2 is 1.81 bits per heavy atom. The zero-order valence-electron chi connectivity index (χ0n) is 18.7. The van der Waals surface area contributed by atoms with Gasteiger partial charge in [-0.05, 0) is 61.8 Å². The molecule has 7 heteroatoms. The van der Waals surface area contributed by atoms with Crippen molar-refractivity contribution < 1.29 is 13.2 Å². The van der Waals surface area contributed by atoms with Gasteiger partial charge in [0.05, 0.1) is 4.90 Å². The Labute approximate surface area is 186 Å². The van der Waals surface area contributed by atoms with Crippen LogP contribution < -0.4 is 5.32 Å². The Bertz CT molecular complexity index is 1020. The molecule has 2 unspecified atom stereocenters. The van der Waals surface area contributed by atoms with Crippen LogP contribution in [0.5, 0.6) is 0 Å². The lowest BCUT2D eigenvalue weighted by Gasteiger charge is -2.29. The minimum atomic E-state index is -3.46. The number of carbonyl (C=O) groups excluding carboxylic acids is 1. The van der Waals surface area contributed by atoms with Crippen molar-refractivity contribution in [3.05, 3.63) is 30.5 Å². The van der Waals surface area contributed by atoms with Crippen LogP contribution in [0.3, 0.4) is 0 Å². The Morgan fingerprint density at radius 3 is 2.55 bits per heavy atom. The number of carbonyl (C=O) groups is 1. The molecule has 1 amide bonds. The molecule has 0 bridgehead atoms. The maximum absolute atomic E-state index is 13.0. The summed E-state index contributed by atoms with van der Waals surface area (Å²) in [5.41, 5.74) is 0.963. The van der Waals surface area contributed by atoms with E-state index in [4.69, 9.17) is 0 Å². The molecule has 1 aromatic carbocycles. The van der Waals surface area contributed by atoms with Crippen LogP contribution in [0.15, 0.2) is 35.4 Å². The van der Waals surface area contributed by atoms with Crippen molar-refractivity contribution in [1.29, 1.82) is 0 Å². The number of piperidine rings is 1. The van der Waals surface area contributed by atoms with Gasteiger partial charge in [0.1, 0.15) is 0 Å². The van der Waals surface area contributed by atoms with E-state index in [1.807, 2.05) is 22.9 Å². The van der Waals surface area contributed by atoms with Gasteiger partial charge in [0, 0.05) is 49.2 Å². The van der Waals surface area contributed by atoms with Gasteiger partial charge in [-0.1, -0.05) is 26.7 Å². The lowest BCUT2D eigenvalue weighted by atomic mass is 9.86. The molecule has 1 N–H and O–H groups in total. The first kappa shape index (κ1) is 22.3. The van der Waals surface area contributed by atoms with E-state index in [-0.39, 0.29) is 5.91 Å². The number of sulfonamides is 1. The van der Waals surface area contributed by atoms with Gasteiger partial charge in [-0.2, -0.15) is 4.31 Å². The quantitative estimate of drug-likeness (QED) is 0.726. The summed E-state index contributed by atoms with van der Waals surface area (Å²) < 4.78 is 29.7. The van der Waals surface area contributed by atoms with Crippen LogP contribution in [0.1, 0.15) is 58.8 Å². The number of aromatic nitrogens is 1. The van der Waals surface area contributed by atoms with Crippen molar-refractivity contribution >= 4 is 26.8 Å². The SMILES string of the molecule is CC1CCN(S(=O)(=O)c2ccc3c(ccn3CCC(=O)NC3CCCCC3C)c2)CC1. The topological polar surface area (TPSA) is 71.4 Å². The molecule has 1 aliphatic carbocycles. The normalized spacial score (nSPS) is 23.8. The third kappa shape index (κ3) is 4.98. The second kappa shape index (κ2) is 9.33. The van der Waals surface area contributed by atoms with Crippen molar-refractivity contribution in [3.8, 4) is 0 Å². The molecule has 1 aliphatic heterocycles. The number of amides is 1. The molecule has 4 rings (SSSR count). The highest BCUT2D eigenvalue weighted by Gasteiger charge is 2.28. The number of rotatable bonds is 6. The van der Waals surface area contributed by atoms with Crippen molar-refractivity contribution in [1.82, 2.24) is 14.2 Å². The summed E-state index contributed by atoms with van der Waals surface area (Å²) in [4.78, 5) is 12.8. The standard InChI is InChI=1S/C24H35N3O3S/c1-18-9-15-27(16-10-18)31(29,30)21-7-8-23-20(17-21)11-13-26(23)14-12-24(28)25-22-6-4-3-5-19(22)2/h7-8,11,13,17-19,22H,3-6,9-10,12,14-16H2,1-2H3,(H,25,28). The number of fused-ring (bicyclic) bond motifs is 1. The van der Waals surface area contributed by atoms with Crippen molar-refractivity contribution in [2.45, 2.75) is 76.3 Å². The second-order valence-electron chi connectivity index (χ2n) is 9.50. The van der Waals surface area contributed by atoms with Gasteiger partial charge in [-0.3, -0.25) is 4.79 Å². The molecule has 31 heavy (non-hydrogen) atoms. The van der Waals surface area contributed by atoms with Gasteiger partial charge in [-0.25, -0.2) is 8.42 Å². The highest BCUT2D eigenvalue weighted by Crippen LogP contribution is 2.27. The van der Waals surface area contributed by atoms with Gasteiger partial charge in [-0.15, -0.1) is 0 Å². The summed E-state index contributed by atoms with van der Waals surface area (Å²) in [6.45, 7) is 6.18. The predicted octanol–water partition coefficient (Wildman–Crippen LogP) is 4.15. The minimum Gasteiger partial charge on any atom is -0.353 e. The van der Waals surface area contributed by atoms with Crippen molar-refractivity contribution in [2.24, 2.45) is 11.8 Å². The summed E-state index contributed by atoms with van der Waals surface area (Å²) >= 11 is 0. The summed E-state index contributed by atoms with van der Waals surface area (Å²) in [6, 6.07) is 7.58. The average molecular weight is 446 g/mol. The molecule has 2 fully saturated rings. The van der Waals surface area contributed by atoms with Gasteiger partial charge in [0.25, 0.3) is 0 Å². The number of nitrogens with zero attached hydrogens (tertiary/aromatic N) is 2. The molecule has 6 nitrogen and oxygen atoms in total. The van der Waals surface area contributed by atoms with E-state index < -0.39 is 10.0 Å². The molecule has 0 radical (unpaired) electrons. The molecule has 2 aromatic rings. The lowest BCUT2D eigenvalue weighted by Crippen LogP contribution is -2.41. The predicted molar refractivity (Wildman–Crippen MR) is 123 cm³/mol. The van der Waals surface area contributed by atoms with E-state index in [1.54, 1.807) is 16.4 Å². The molecule has 0 spiro atoms. The summed E-state index contributed by atoms with van der Waals surface area (Å²) in [5, 5.41) is 4.11. The third-order valence-corrected chi connectivity index (χ3v) is 9.06. The highest BCUT2D eigenvalue weighted by molar-refractivity contribution is 7.89. The van der Waals surface area contributed by atoms with Crippen molar-refractivity contribution in [3.63, 3.8) is 0 Å². The largest absolute Gasteiger partial charge is 0.353 e. The third-order valence-electron chi connectivity index (χ3n) is 7.16. The molecule has 2 aliphatic rings. The molecule has 1 saturated heterocycles. The molecule has 2 atom stereocenters. The van der Waals surface area contributed by atoms with E-state index in [2.05, 4.69) is 19.2 Å². The first-order valence-corrected chi connectivity index (χ1v) is 13.2. The van der Waals surface area contributed by atoms with Crippen LogP contribution >= 0.6 is 0 Å². The van der Waals surface area contributed by atoms with Crippen LogP contribution in [0, 0.1) is 11.8 Å². The molecule has 170 valence electrons. The van der Waals surface area contributed by atoms with Gasteiger partial charge >= 0.3 is 0 Å². The zero-order valence-corrected chi connectivity index (χ0v) is 19.5. The maximum atomic E-state index is 13.0. The van der Waals surface area contributed by atoms with E-state index >= 15 is 0 Å². The summed E-state index contributed by atoms with van der Waals surface area (Å²) in [6.07, 6.45) is 8.93. The van der Waals surface area contributed by atoms with Crippen molar-refractivity contribution in [2.75, 3.05) is 13.1 Å². The summed E-state index contributed by atoms with van der Waals surface area (Å²) in [5.74, 6) is 1.23. The Kier molecular flexibility index (Phi) is 6.72. The minimum absolute atomic E-state index is 0.0964. The number of aryl methyl sites for hydroxylation is 1. The maximum Gasteiger partial charge on any atom is 0.243 e. The first-order valence-electron chi connectivity index (χ1n) is 11.7. The van der Waals surface area contributed by atoms with Gasteiger partial charge in [0.2, 0.25) is 15.9 Å². The highest BCUT2D eigenvalue weighted by atomic mass is 32.2. The lowest BCUT2D eigenvalue weighted by molar-refractivity contribution is -0.122. The summed E-state index contributed by atoms with van der Waals surface area (Å²) in [7, 11) is -3.46. The fraction of sp³-hybridized carbons (Fsp3) is 0.625. The number of nitrogens with one attached hydrogen (secondary N) is 1. The second-order valence-corrected chi connectivity index (χ2v) is 11.4. The van der Waals surface area contributed by atoms with Crippen LogP contribution in [0.25, 0.3) is 10.9 Å². The number of hydrogen-bond donors (Lipinski definition) is 1. The smallest absolute Gasteiger partial charge is 0.243 e. The van der Waals surface area contributed by atoms with Gasteiger partial charge in [0.15, 0.2) is 0 Å². The van der Waals surface area contributed by atoms with Crippen LogP contribution in [-0.2, 0) is 21.4 Å². The van der Waals surface area contributed by atoms with Crippen LogP contribution in [-0.4, -0.2) is 42.3 Å². The monoisotopic (exact) mass is 445 g/mol. The first-order chi connectivity index (χ1) is 14.8. The van der Waals surface area contributed by atoms with E-state index in [1.165, 1.54) is 19.3 Å². The molecule has 2 heterocycles. The molecule has 1 aromatic heterocycles. The molecule has 1 saturated carbocycles. The zero-order chi connectivity index (χ0) is 22.0. The van der Waals surface area contributed by atoms with E-state index in [9.17, 15) is 13.2 Å². The Balaban J connectivity index is 1.41. The van der Waals surface area contributed by atoms with Crippen LogP contribution in [0.4, 0.5) is 0 Å². The Morgan fingerprint density at radius 1 is 1.06 bits per heavy atom. The number of benzene rings is 1.